The average molecular weight is 357 g/mol. The van der Waals surface area contributed by atoms with Gasteiger partial charge in [-0.3, -0.25) is 9.59 Å². The van der Waals surface area contributed by atoms with Crippen LogP contribution >= 0.6 is 11.6 Å². The predicted molar refractivity (Wildman–Crippen MR) is 98.5 cm³/mol. The first-order valence-electron chi connectivity index (χ1n) is 7.73. The van der Waals surface area contributed by atoms with Crippen LogP contribution in [0.1, 0.15) is 17.3 Å². The molecule has 128 valence electrons. The fourth-order valence-electron chi connectivity index (χ4n) is 2.57. The summed E-state index contributed by atoms with van der Waals surface area (Å²) in [6.07, 6.45) is 0. The van der Waals surface area contributed by atoms with Gasteiger partial charge < -0.3 is 15.0 Å². The molecule has 25 heavy (non-hydrogen) atoms. The number of benzene rings is 2. The van der Waals surface area contributed by atoms with Crippen LogP contribution in [0.15, 0.2) is 54.6 Å². The van der Waals surface area contributed by atoms with Crippen molar-refractivity contribution in [2.45, 2.75) is 6.92 Å². The molecule has 0 atom stereocenters. The second kappa shape index (κ2) is 6.99. The van der Waals surface area contributed by atoms with E-state index >= 15 is 0 Å². The molecule has 0 unspecified atom stereocenters. The molecule has 1 heterocycles. The number of nitrogens with zero attached hydrogens (tertiary/aromatic N) is 1. The van der Waals surface area contributed by atoms with Crippen molar-refractivity contribution in [3.63, 3.8) is 0 Å². The van der Waals surface area contributed by atoms with Crippen LogP contribution in [0.4, 0.5) is 11.4 Å². The fourth-order valence-corrected chi connectivity index (χ4v) is 2.79. The molecule has 0 aliphatic carbocycles. The first kappa shape index (κ1) is 17.0. The monoisotopic (exact) mass is 356 g/mol. The molecule has 0 aromatic heterocycles. The topological polar surface area (TPSA) is 58.6 Å². The third-order valence-electron chi connectivity index (χ3n) is 3.71. The summed E-state index contributed by atoms with van der Waals surface area (Å²) in [5.41, 5.74) is 2.49. The highest BCUT2D eigenvalue weighted by atomic mass is 35.5. The zero-order chi connectivity index (χ0) is 18.0. The summed E-state index contributed by atoms with van der Waals surface area (Å²) in [5.74, 6) is 0.109. The zero-order valence-corrected chi connectivity index (χ0v) is 14.5. The number of carbonyl (C=O) groups is 2. The van der Waals surface area contributed by atoms with Crippen LogP contribution < -0.4 is 15.0 Å². The highest BCUT2D eigenvalue weighted by Gasteiger charge is 2.25. The Morgan fingerprint density at radius 3 is 2.80 bits per heavy atom. The van der Waals surface area contributed by atoms with Gasteiger partial charge in [0.05, 0.1) is 16.3 Å². The first-order chi connectivity index (χ1) is 12.0. The number of anilines is 2. The van der Waals surface area contributed by atoms with Crippen molar-refractivity contribution in [3.8, 4) is 5.75 Å². The van der Waals surface area contributed by atoms with Crippen molar-refractivity contribution in [2.75, 3.05) is 23.4 Å². The molecule has 6 heteroatoms. The normalized spacial score (nSPS) is 13.0. The van der Waals surface area contributed by atoms with Crippen LogP contribution in [0.25, 0.3) is 0 Å². The lowest BCUT2D eigenvalue weighted by Gasteiger charge is -2.29. The number of carbonyl (C=O) groups excluding carboxylic acids is 2. The van der Waals surface area contributed by atoms with E-state index < -0.39 is 0 Å². The Kier molecular flexibility index (Phi) is 4.76. The lowest BCUT2D eigenvalue weighted by molar-refractivity contribution is -0.121. The molecule has 2 amide bonds. The highest BCUT2D eigenvalue weighted by molar-refractivity contribution is 6.34. The smallest absolute Gasteiger partial charge is 0.265 e. The van der Waals surface area contributed by atoms with Gasteiger partial charge in [0.2, 0.25) is 0 Å². The molecule has 0 fully saturated rings. The molecule has 1 aliphatic heterocycles. The van der Waals surface area contributed by atoms with Gasteiger partial charge >= 0.3 is 0 Å². The summed E-state index contributed by atoms with van der Waals surface area (Å²) in [6, 6.07) is 12.0. The Morgan fingerprint density at radius 1 is 1.32 bits per heavy atom. The van der Waals surface area contributed by atoms with Gasteiger partial charge in [-0.2, -0.15) is 0 Å². The number of halogens is 1. The third-order valence-corrected chi connectivity index (χ3v) is 4.04. The van der Waals surface area contributed by atoms with Crippen molar-refractivity contribution >= 4 is 34.8 Å². The molecule has 1 N–H and O–H groups in total. The molecule has 0 saturated heterocycles. The van der Waals surface area contributed by atoms with Crippen LogP contribution in [0.5, 0.6) is 5.75 Å². The number of ether oxygens (including phenoxy) is 1. The number of amides is 2. The van der Waals surface area contributed by atoms with E-state index in [4.69, 9.17) is 16.3 Å². The van der Waals surface area contributed by atoms with Gasteiger partial charge in [-0.05, 0) is 31.2 Å². The standard InChI is InChI=1S/C19H17ClN2O3/c1-12(2)10-22-16-8-7-13(9-17(16)25-11-18(22)23)21-19(24)14-5-3-4-6-15(14)20/h3-9H,1,10-11H2,2H3,(H,21,24). The molecule has 5 nitrogen and oxygen atoms in total. The summed E-state index contributed by atoms with van der Waals surface area (Å²) < 4.78 is 5.50. The molecule has 0 bridgehead atoms. The van der Waals surface area contributed by atoms with E-state index in [1.54, 1.807) is 47.4 Å². The number of nitrogens with one attached hydrogen (secondary N) is 1. The van der Waals surface area contributed by atoms with Gasteiger partial charge in [0.15, 0.2) is 6.61 Å². The van der Waals surface area contributed by atoms with Crippen molar-refractivity contribution < 1.29 is 14.3 Å². The number of rotatable bonds is 4. The van der Waals surface area contributed by atoms with E-state index in [0.717, 1.165) is 5.57 Å². The molecule has 1 aliphatic rings. The number of hydrogen-bond acceptors (Lipinski definition) is 3. The predicted octanol–water partition coefficient (Wildman–Crippen LogP) is 3.89. The summed E-state index contributed by atoms with van der Waals surface area (Å²) in [6.45, 7) is 6.10. The van der Waals surface area contributed by atoms with Crippen LogP contribution in [0.3, 0.4) is 0 Å². The molecule has 0 saturated carbocycles. The molecule has 2 aromatic rings. The summed E-state index contributed by atoms with van der Waals surface area (Å²) in [4.78, 5) is 26.0. The molecule has 0 spiro atoms. The third kappa shape index (κ3) is 3.67. The Labute approximate surface area is 150 Å². The van der Waals surface area contributed by atoms with Crippen LogP contribution in [0.2, 0.25) is 5.02 Å². The fraction of sp³-hybridized carbons (Fsp3) is 0.158. The number of hydrogen-bond donors (Lipinski definition) is 1. The van der Waals surface area contributed by atoms with E-state index in [1.165, 1.54) is 0 Å². The quantitative estimate of drug-likeness (QED) is 0.845. The second-order valence-corrected chi connectivity index (χ2v) is 6.25. The average Bonchev–Trinajstić information content (AvgIpc) is 2.57. The maximum absolute atomic E-state index is 12.4. The highest BCUT2D eigenvalue weighted by Crippen LogP contribution is 2.35. The first-order valence-corrected chi connectivity index (χ1v) is 8.11. The van der Waals surface area contributed by atoms with Crippen LogP contribution in [-0.2, 0) is 4.79 Å². The second-order valence-electron chi connectivity index (χ2n) is 5.84. The molecular weight excluding hydrogens is 340 g/mol. The van der Waals surface area contributed by atoms with E-state index in [-0.39, 0.29) is 18.4 Å². The summed E-state index contributed by atoms with van der Waals surface area (Å²) >= 11 is 6.05. The Morgan fingerprint density at radius 2 is 2.08 bits per heavy atom. The van der Waals surface area contributed by atoms with E-state index in [2.05, 4.69) is 11.9 Å². The Balaban J connectivity index is 1.84. The minimum absolute atomic E-state index is 0.0395. The maximum atomic E-state index is 12.4. The van der Waals surface area contributed by atoms with E-state index in [1.807, 2.05) is 6.92 Å². The zero-order valence-electron chi connectivity index (χ0n) is 13.7. The Bertz CT molecular complexity index is 863. The van der Waals surface area contributed by atoms with Crippen molar-refractivity contribution in [1.82, 2.24) is 0 Å². The lowest BCUT2D eigenvalue weighted by atomic mass is 10.1. The molecule has 3 rings (SSSR count). The van der Waals surface area contributed by atoms with E-state index in [9.17, 15) is 9.59 Å². The summed E-state index contributed by atoms with van der Waals surface area (Å²) in [7, 11) is 0. The van der Waals surface area contributed by atoms with Crippen LogP contribution in [-0.4, -0.2) is 25.0 Å². The Hall–Kier alpha value is -2.79. The van der Waals surface area contributed by atoms with Crippen LogP contribution in [0, 0.1) is 0 Å². The SMILES string of the molecule is C=C(C)CN1C(=O)COc2cc(NC(=O)c3ccccc3Cl)ccc21. The van der Waals surface area contributed by atoms with Crippen molar-refractivity contribution in [1.29, 1.82) is 0 Å². The molecule has 0 radical (unpaired) electrons. The van der Waals surface area contributed by atoms with Gasteiger partial charge in [0, 0.05) is 18.3 Å². The maximum Gasteiger partial charge on any atom is 0.265 e. The van der Waals surface area contributed by atoms with E-state index in [0.29, 0.717) is 34.3 Å². The van der Waals surface area contributed by atoms with Gasteiger partial charge in [-0.15, -0.1) is 0 Å². The summed E-state index contributed by atoms with van der Waals surface area (Å²) in [5, 5.41) is 3.17. The minimum Gasteiger partial charge on any atom is -0.481 e. The van der Waals surface area contributed by atoms with Crippen molar-refractivity contribution in [3.05, 3.63) is 65.2 Å². The minimum atomic E-state index is -0.309. The molecule has 2 aromatic carbocycles. The molecular formula is C19H17ClN2O3. The van der Waals surface area contributed by atoms with Gasteiger partial charge in [0.25, 0.3) is 11.8 Å². The lowest BCUT2D eigenvalue weighted by Crippen LogP contribution is -2.39. The largest absolute Gasteiger partial charge is 0.481 e. The number of fused-ring (bicyclic) bond motifs is 1. The van der Waals surface area contributed by atoms with Gasteiger partial charge in [0.1, 0.15) is 5.75 Å². The van der Waals surface area contributed by atoms with Gasteiger partial charge in [-0.25, -0.2) is 0 Å². The van der Waals surface area contributed by atoms with Crippen molar-refractivity contribution in [2.24, 2.45) is 0 Å². The van der Waals surface area contributed by atoms with Gasteiger partial charge in [-0.1, -0.05) is 35.9 Å².